The monoisotopic (exact) mass is 357 g/mol. The summed E-state index contributed by atoms with van der Waals surface area (Å²) in [5.41, 5.74) is 1.10. The number of carbonyl (C=O) groups is 2. The minimum Gasteiger partial charge on any atom is -0.349 e. The molecule has 130 valence electrons. The fourth-order valence-corrected chi connectivity index (χ4v) is 3.31. The standard InChI is InChI=1S/C19H20ClN3O2/c20-15-6-1-4-13(10-15)18(24)22-16-7-2-8-17(11-16)23-19(25)14-5-3-9-21-12-14/h1,3-6,9-10,12,16-17H,2,7-8,11H2,(H,22,24)(H,23,25)/t16-,17-/m0/s1. The van der Waals surface area contributed by atoms with Crippen molar-refractivity contribution in [3.8, 4) is 0 Å². The van der Waals surface area contributed by atoms with Gasteiger partial charge in [0.15, 0.2) is 0 Å². The molecule has 0 aliphatic heterocycles. The van der Waals surface area contributed by atoms with E-state index in [4.69, 9.17) is 11.6 Å². The van der Waals surface area contributed by atoms with Gasteiger partial charge in [0, 0.05) is 35.1 Å². The van der Waals surface area contributed by atoms with Crippen LogP contribution in [0.4, 0.5) is 0 Å². The van der Waals surface area contributed by atoms with Crippen LogP contribution in [0.1, 0.15) is 46.4 Å². The second kappa shape index (κ2) is 8.12. The highest BCUT2D eigenvalue weighted by Gasteiger charge is 2.25. The molecule has 0 saturated heterocycles. The summed E-state index contributed by atoms with van der Waals surface area (Å²) in [5.74, 6) is -0.258. The Morgan fingerprint density at radius 3 is 2.32 bits per heavy atom. The van der Waals surface area contributed by atoms with Gasteiger partial charge in [0.1, 0.15) is 0 Å². The lowest BCUT2D eigenvalue weighted by Gasteiger charge is -2.30. The van der Waals surface area contributed by atoms with Gasteiger partial charge in [0.2, 0.25) is 0 Å². The van der Waals surface area contributed by atoms with Crippen molar-refractivity contribution in [2.24, 2.45) is 0 Å². The summed E-state index contributed by atoms with van der Waals surface area (Å²) in [4.78, 5) is 28.6. The number of amides is 2. The van der Waals surface area contributed by atoms with E-state index in [1.807, 2.05) is 0 Å². The SMILES string of the molecule is O=C(N[C@H]1CCC[C@H](NC(=O)c2cccc(Cl)c2)C1)c1cccnc1. The smallest absolute Gasteiger partial charge is 0.253 e. The van der Waals surface area contributed by atoms with Gasteiger partial charge in [-0.15, -0.1) is 0 Å². The van der Waals surface area contributed by atoms with E-state index in [2.05, 4.69) is 15.6 Å². The molecule has 0 spiro atoms. The van der Waals surface area contributed by atoms with Crippen molar-refractivity contribution >= 4 is 23.4 Å². The lowest BCUT2D eigenvalue weighted by molar-refractivity contribution is 0.0903. The number of nitrogens with one attached hydrogen (secondary N) is 2. The van der Waals surface area contributed by atoms with E-state index in [0.717, 1.165) is 25.7 Å². The number of carbonyl (C=O) groups excluding carboxylic acids is 2. The average molecular weight is 358 g/mol. The maximum Gasteiger partial charge on any atom is 0.253 e. The summed E-state index contributed by atoms with van der Waals surface area (Å²) in [6.07, 6.45) is 6.69. The first-order chi connectivity index (χ1) is 12.1. The zero-order valence-corrected chi connectivity index (χ0v) is 14.5. The highest BCUT2D eigenvalue weighted by atomic mass is 35.5. The molecule has 2 amide bonds. The molecular weight excluding hydrogens is 338 g/mol. The Kier molecular flexibility index (Phi) is 5.66. The van der Waals surface area contributed by atoms with Crippen molar-refractivity contribution < 1.29 is 9.59 Å². The topological polar surface area (TPSA) is 71.1 Å². The van der Waals surface area contributed by atoms with Crippen molar-refractivity contribution in [3.05, 3.63) is 64.9 Å². The molecule has 1 aromatic carbocycles. The Morgan fingerprint density at radius 2 is 1.68 bits per heavy atom. The summed E-state index contributed by atoms with van der Waals surface area (Å²) in [5, 5.41) is 6.62. The fourth-order valence-electron chi connectivity index (χ4n) is 3.12. The van der Waals surface area contributed by atoms with Crippen LogP contribution in [-0.4, -0.2) is 28.9 Å². The average Bonchev–Trinajstić information content (AvgIpc) is 2.63. The van der Waals surface area contributed by atoms with Gasteiger partial charge >= 0.3 is 0 Å². The number of hydrogen-bond acceptors (Lipinski definition) is 3. The molecule has 6 heteroatoms. The molecule has 3 rings (SSSR count). The first kappa shape index (κ1) is 17.4. The predicted molar refractivity (Wildman–Crippen MR) is 96.7 cm³/mol. The molecule has 1 saturated carbocycles. The van der Waals surface area contributed by atoms with Gasteiger partial charge < -0.3 is 10.6 Å². The number of hydrogen-bond donors (Lipinski definition) is 2. The van der Waals surface area contributed by atoms with E-state index < -0.39 is 0 Å². The molecule has 2 N–H and O–H groups in total. The first-order valence-electron chi connectivity index (χ1n) is 8.39. The lowest BCUT2D eigenvalue weighted by atomic mass is 9.90. The van der Waals surface area contributed by atoms with E-state index in [1.54, 1.807) is 48.8 Å². The molecule has 2 atom stereocenters. The highest BCUT2D eigenvalue weighted by molar-refractivity contribution is 6.30. The summed E-state index contributed by atoms with van der Waals surface area (Å²) in [6, 6.07) is 10.5. The van der Waals surface area contributed by atoms with E-state index in [9.17, 15) is 9.59 Å². The molecule has 1 aliphatic carbocycles. The molecule has 0 radical (unpaired) electrons. The van der Waals surface area contributed by atoms with Crippen molar-refractivity contribution in [1.82, 2.24) is 15.6 Å². The zero-order valence-electron chi connectivity index (χ0n) is 13.7. The molecule has 1 aromatic heterocycles. The molecule has 1 heterocycles. The third kappa shape index (κ3) is 4.79. The van der Waals surface area contributed by atoms with Crippen LogP contribution in [0.3, 0.4) is 0 Å². The highest BCUT2D eigenvalue weighted by Crippen LogP contribution is 2.20. The van der Waals surface area contributed by atoms with Gasteiger partial charge in [-0.2, -0.15) is 0 Å². The Hall–Kier alpha value is -2.40. The van der Waals surface area contributed by atoms with Crippen LogP contribution >= 0.6 is 11.6 Å². The molecule has 25 heavy (non-hydrogen) atoms. The first-order valence-corrected chi connectivity index (χ1v) is 8.77. The number of rotatable bonds is 4. The van der Waals surface area contributed by atoms with Crippen LogP contribution in [0.25, 0.3) is 0 Å². The van der Waals surface area contributed by atoms with Crippen molar-refractivity contribution in [2.75, 3.05) is 0 Å². The molecule has 5 nitrogen and oxygen atoms in total. The van der Waals surface area contributed by atoms with Crippen LogP contribution < -0.4 is 10.6 Å². The molecule has 1 aliphatic rings. The number of halogens is 1. The number of pyridine rings is 1. The number of nitrogens with zero attached hydrogens (tertiary/aromatic N) is 1. The summed E-state index contributed by atoms with van der Waals surface area (Å²) in [7, 11) is 0. The number of benzene rings is 1. The normalized spacial score (nSPS) is 19.9. The largest absolute Gasteiger partial charge is 0.349 e. The minimum absolute atomic E-state index is 0.0411. The summed E-state index contributed by atoms with van der Waals surface area (Å²) >= 11 is 5.94. The zero-order chi connectivity index (χ0) is 17.6. The predicted octanol–water partition coefficient (Wildman–Crippen LogP) is 3.21. The third-order valence-electron chi connectivity index (χ3n) is 4.36. The van der Waals surface area contributed by atoms with Gasteiger partial charge in [-0.05, 0) is 56.0 Å². The molecular formula is C19H20ClN3O2. The van der Waals surface area contributed by atoms with Gasteiger partial charge in [0.25, 0.3) is 11.8 Å². The van der Waals surface area contributed by atoms with Crippen LogP contribution in [0.2, 0.25) is 5.02 Å². The Bertz CT molecular complexity index is 751. The van der Waals surface area contributed by atoms with Gasteiger partial charge in [-0.1, -0.05) is 17.7 Å². The molecule has 2 aromatic rings. The third-order valence-corrected chi connectivity index (χ3v) is 4.59. The number of aromatic nitrogens is 1. The Morgan fingerprint density at radius 1 is 1.00 bits per heavy atom. The minimum atomic E-state index is -0.133. The quantitative estimate of drug-likeness (QED) is 0.882. The maximum atomic E-state index is 12.4. The van der Waals surface area contributed by atoms with Crippen molar-refractivity contribution in [1.29, 1.82) is 0 Å². The van der Waals surface area contributed by atoms with Crippen LogP contribution in [-0.2, 0) is 0 Å². The van der Waals surface area contributed by atoms with Gasteiger partial charge in [-0.25, -0.2) is 0 Å². The van der Waals surface area contributed by atoms with Crippen LogP contribution in [0.5, 0.6) is 0 Å². The van der Waals surface area contributed by atoms with Gasteiger partial charge in [0.05, 0.1) is 5.56 Å². The maximum absolute atomic E-state index is 12.4. The van der Waals surface area contributed by atoms with Gasteiger partial charge in [-0.3, -0.25) is 14.6 Å². The second-order valence-electron chi connectivity index (χ2n) is 6.26. The summed E-state index contributed by atoms with van der Waals surface area (Å²) in [6.45, 7) is 0. The lowest BCUT2D eigenvalue weighted by Crippen LogP contribution is -2.45. The Labute approximate surface area is 151 Å². The summed E-state index contributed by atoms with van der Waals surface area (Å²) < 4.78 is 0. The molecule has 1 fully saturated rings. The fraction of sp³-hybridized carbons (Fsp3) is 0.316. The van der Waals surface area contributed by atoms with Crippen LogP contribution in [0, 0.1) is 0 Å². The molecule has 0 unspecified atom stereocenters. The molecule has 0 bridgehead atoms. The van der Waals surface area contributed by atoms with E-state index in [1.165, 1.54) is 0 Å². The van der Waals surface area contributed by atoms with E-state index in [-0.39, 0.29) is 23.9 Å². The van der Waals surface area contributed by atoms with Crippen molar-refractivity contribution in [2.45, 2.75) is 37.8 Å². The van der Waals surface area contributed by atoms with Crippen molar-refractivity contribution in [3.63, 3.8) is 0 Å². The van der Waals surface area contributed by atoms with E-state index in [0.29, 0.717) is 16.1 Å². The van der Waals surface area contributed by atoms with Crippen LogP contribution in [0.15, 0.2) is 48.8 Å². The van der Waals surface area contributed by atoms with E-state index >= 15 is 0 Å². The second-order valence-corrected chi connectivity index (χ2v) is 6.70. The Balaban J connectivity index is 1.56.